The van der Waals surface area contributed by atoms with Gasteiger partial charge in [0.15, 0.2) is 0 Å². The van der Waals surface area contributed by atoms with E-state index in [1.54, 1.807) is 21.0 Å². The molecule has 100 valence electrons. The predicted molar refractivity (Wildman–Crippen MR) is 64.6 cm³/mol. The molecular formula is C12H19N3O3. The Labute approximate surface area is 106 Å². The van der Waals surface area contributed by atoms with E-state index in [4.69, 9.17) is 0 Å². The van der Waals surface area contributed by atoms with Crippen LogP contribution in [0.2, 0.25) is 0 Å². The van der Waals surface area contributed by atoms with Crippen molar-refractivity contribution in [2.45, 2.75) is 44.3 Å². The Morgan fingerprint density at radius 2 is 2.00 bits per heavy atom. The van der Waals surface area contributed by atoms with E-state index < -0.39 is 12.1 Å². The summed E-state index contributed by atoms with van der Waals surface area (Å²) < 4.78 is 0. The van der Waals surface area contributed by atoms with Crippen LogP contribution in [0, 0.1) is 0 Å². The Morgan fingerprint density at radius 1 is 1.39 bits per heavy atom. The molecule has 6 heteroatoms. The molecule has 6 nitrogen and oxygen atoms in total. The molecule has 1 saturated heterocycles. The number of carbonyl (C=O) groups excluding carboxylic acids is 3. The summed E-state index contributed by atoms with van der Waals surface area (Å²) in [6, 6.07) is -0.894. The van der Waals surface area contributed by atoms with Crippen molar-refractivity contribution in [1.29, 1.82) is 0 Å². The summed E-state index contributed by atoms with van der Waals surface area (Å²) >= 11 is 0. The number of carbonyl (C=O) groups is 3. The first kappa shape index (κ1) is 13.0. The van der Waals surface area contributed by atoms with Crippen LogP contribution in [-0.2, 0) is 14.4 Å². The molecule has 1 N–H and O–H groups in total. The van der Waals surface area contributed by atoms with Gasteiger partial charge in [-0.1, -0.05) is 0 Å². The fraction of sp³-hybridized carbons (Fsp3) is 0.750. The van der Waals surface area contributed by atoms with Gasteiger partial charge in [-0.05, 0) is 19.8 Å². The zero-order valence-corrected chi connectivity index (χ0v) is 11.0. The van der Waals surface area contributed by atoms with Gasteiger partial charge in [0, 0.05) is 20.1 Å². The maximum absolute atomic E-state index is 12.0. The number of nitrogens with zero attached hydrogens (tertiary/aromatic N) is 2. The molecular weight excluding hydrogens is 234 g/mol. The topological polar surface area (TPSA) is 69.7 Å². The summed E-state index contributed by atoms with van der Waals surface area (Å²) in [5.41, 5.74) is 0. The fourth-order valence-corrected chi connectivity index (χ4v) is 2.26. The minimum absolute atomic E-state index is 0.0971. The van der Waals surface area contributed by atoms with Crippen molar-refractivity contribution in [3.63, 3.8) is 0 Å². The number of hydrogen-bond acceptors (Lipinski definition) is 4. The second kappa shape index (κ2) is 4.68. The third-order valence-electron chi connectivity index (χ3n) is 3.36. The lowest BCUT2D eigenvalue weighted by Crippen LogP contribution is -2.49. The van der Waals surface area contributed by atoms with Crippen molar-refractivity contribution in [1.82, 2.24) is 15.1 Å². The Balaban J connectivity index is 1.96. The summed E-state index contributed by atoms with van der Waals surface area (Å²) in [6.45, 7) is 1.71. The van der Waals surface area contributed by atoms with Gasteiger partial charge in [-0.2, -0.15) is 0 Å². The van der Waals surface area contributed by atoms with Crippen molar-refractivity contribution in [2.24, 2.45) is 0 Å². The van der Waals surface area contributed by atoms with Gasteiger partial charge >= 0.3 is 0 Å². The number of hydrogen-bond donors (Lipinski definition) is 1. The van der Waals surface area contributed by atoms with E-state index in [-0.39, 0.29) is 30.2 Å². The second-order valence-electron chi connectivity index (χ2n) is 5.21. The van der Waals surface area contributed by atoms with Gasteiger partial charge in [0.1, 0.15) is 0 Å². The lowest BCUT2D eigenvalue weighted by molar-refractivity contribution is -0.139. The van der Waals surface area contributed by atoms with Gasteiger partial charge in [0.2, 0.25) is 17.7 Å². The highest BCUT2D eigenvalue weighted by molar-refractivity contribution is 6.06. The summed E-state index contributed by atoms with van der Waals surface area (Å²) in [7, 11) is 3.33. The molecule has 2 rings (SSSR count). The molecule has 3 amide bonds. The Kier molecular flexibility index (Phi) is 3.38. The SMILES string of the molecule is CC(NC1CC(=O)N(C2CC2)C1=O)C(=O)N(C)C. The lowest BCUT2D eigenvalue weighted by atomic mass is 10.2. The molecule has 2 aliphatic rings. The second-order valence-corrected chi connectivity index (χ2v) is 5.21. The van der Waals surface area contributed by atoms with E-state index in [2.05, 4.69) is 5.32 Å². The van der Waals surface area contributed by atoms with Gasteiger partial charge in [0.05, 0.1) is 18.5 Å². The highest BCUT2D eigenvalue weighted by Crippen LogP contribution is 2.31. The molecule has 0 bridgehead atoms. The minimum Gasteiger partial charge on any atom is -0.347 e. The van der Waals surface area contributed by atoms with Crippen LogP contribution in [0.4, 0.5) is 0 Å². The Morgan fingerprint density at radius 3 is 2.50 bits per heavy atom. The molecule has 0 spiro atoms. The summed E-state index contributed by atoms with van der Waals surface area (Å²) in [4.78, 5) is 38.3. The molecule has 0 aromatic carbocycles. The van der Waals surface area contributed by atoms with E-state index in [1.807, 2.05) is 0 Å². The molecule has 2 fully saturated rings. The monoisotopic (exact) mass is 253 g/mol. The van der Waals surface area contributed by atoms with Crippen molar-refractivity contribution < 1.29 is 14.4 Å². The van der Waals surface area contributed by atoms with E-state index >= 15 is 0 Å². The molecule has 2 atom stereocenters. The largest absolute Gasteiger partial charge is 0.347 e. The molecule has 1 heterocycles. The van der Waals surface area contributed by atoms with Gasteiger partial charge in [0.25, 0.3) is 0 Å². The van der Waals surface area contributed by atoms with Crippen LogP contribution >= 0.6 is 0 Å². The van der Waals surface area contributed by atoms with Crippen molar-refractivity contribution in [2.75, 3.05) is 14.1 Å². The predicted octanol–water partition coefficient (Wildman–Crippen LogP) is -0.657. The van der Waals surface area contributed by atoms with Gasteiger partial charge in [-0.25, -0.2) is 0 Å². The zero-order valence-electron chi connectivity index (χ0n) is 11.0. The number of imide groups is 1. The smallest absolute Gasteiger partial charge is 0.247 e. The zero-order chi connectivity index (χ0) is 13.4. The Hall–Kier alpha value is -1.43. The Bertz CT molecular complexity index is 390. The standard InChI is InChI=1S/C12H19N3O3/c1-7(11(17)14(2)3)13-9-6-10(16)15(12(9)18)8-4-5-8/h7-9,13H,4-6H2,1-3H3. The number of likely N-dealkylation sites (tertiary alicyclic amines) is 1. The molecule has 0 aromatic heterocycles. The first-order valence-electron chi connectivity index (χ1n) is 6.25. The quantitative estimate of drug-likeness (QED) is 0.675. The van der Waals surface area contributed by atoms with Crippen LogP contribution in [-0.4, -0.2) is 59.7 Å². The molecule has 0 aromatic rings. The molecule has 1 aliphatic carbocycles. The van der Waals surface area contributed by atoms with E-state index in [0.29, 0.717) is 0 Å². The number of nitrogens with one attached hydrogen (secondary N) is 1. The summed E-state index contributed by atoms with van der Waals surface area (Å²) in [5, 5.41) is 2.95. The average molecular weight is 253 g/mol. The number of rotatable bonds is 4. The van der Waals surface area contributed by atoms with Crippen molar-refractivity contribution in [3.8, 4) is 0 Å². The van der Waals surface area contributed by atoms with Crippen molar-refractivity contribution in [3.05, 3.63) is 0 Å². The molecule has 18 heavy (non-hydrogen) atoms. The third kappa shape index (κ3) is 2.38. The van der Waals surface area contributed by atoms with Crippen LogP contribution in [0.25, 0.3) is 0 Å². The molecule has 2 unspecified atom stereocenters. The highest BCUT2D eigenvalue weighted by Gasteiger charge is 2.46. The van der Waals surface area contributed by atoms with Gasteiger partial charge < -0.3 is 4.90 Å². The van der Waals surface area contributed by atoms with Gasteiger partial charge in [-0.15, -0.1) is 0 Å². The van der Waals surface area contributed by atoms with Crippen LogP contribution in [0.15, 0.2) is 0 Å². The van der Waals surface area contributed by atoms with Crippen LogP contribution in [0.5, 0.6) is 0 Å². The molecule has 0 radical (unpaired) electrons. The first-order valence-corrected chi connectivity index (χ1v) is 6.25. The van der Waals surface area contributed by atoms with Crippen LogP contribution in [0.3, 0.4) is 0 Å². The third-order valence-corrected chi connectivity index (χ3v) is 3.36. The lowest BCUT2D eigenvalue weighted by Gasteiger charge is -2.21. The van der Waals surface area contributed by atoms with E-state index in [0.717, 1.165) is 12.8 Å². The first-order chi connectivity index (χ1) is 8.41. The summed E-state index contributed by atoms with van der Waals surface area (Å²) in [5.74, 6) is -0.398. The van der Waals surface area contributed by atoms with Crippen LogP contribution < -0.4 is 5.32 Å². The highest BCUT2D eigenvalue weighted by atomic mass is 16.2. The van der Waals surface area contributed by atoms with Crippen molar-refractivity contribution >= 4 is 17.7 Å². The summed E-state index contributed by atoms with van der Waals surface area (Å²) in [6.07, 6.45) is 1.99. The number of amides is 3. The molecule has 1 aliphatic heterocycles. The maximum atomic E-state index is 12.0. The minimum atomic E-state index is -0.544. The normalized spacial score (nSPS) is 25.5. The van der Waals surface area contributed by atoms with Gasteiger partial charge in [-0.3, -0.25) is 24.6 Å². The fourth-order valence-electron chi connectivity index (χ4n) is 2.26. The average Bonchev–Trinajstić information content (AvgIpc) is 3.07. The van der Waals surface area contributed by atoms with E-state index in [1.165, 1.54) is 9.80 Å². The van der Waals surface area contributed by atoms with Crippen LogP contribution in [0.1, 0.15) is 26.2 Å². The molecule has 1 saturated carbocycles. The van der Waals surface area contributed by atoms with E-state index in [9.17, 15) is 14.4 Å². The maximum Gasteiger partial charge on any atom is 0.247 e. The number of likely N-dealkylation sites (N-methyl/N-ethyl adjacent to an activating group) is 1.